The maximum atomic E-state index is 12.2. The number of benzene rings is 2. The molecule has 0 radical (unpaired) electrons. The predicted octanol–water partition coefficient (Wildman–Crippen LogP) is 3.02. The van der Waals surface area contributed by atoms with Gasteiger partial charge in [-0.3, -0.25) is 14.2 Å². The average Bonchev–Trinajstić information content (AvgIpc) is 3.18. The Morgan fingerprint density at radius 3 is 2.43 bits per heavy atom. The molecule has 0 saturated carbocycles. The lowest BCUT2D eigenvalue weighted by Crippen LogP contribution is -2.26. The van der Waals surface area contributed by atoms with E-state index >= 15 is 0 Å². The summed E-state index contributed by atoms with van der Waals surface area (Å²) in [5, 5.41) is 12.2. The average molecular weight is 425 g/mol. The van der Waals surface area contributed by atoms with Crippen molar-refractivity contribution in [1.29, 1.82) is 0 Å². The first-order chi connectivity index (χ1) is 14.7. The second-order valence-electron chi connectivity index (χ2n) is 6.55. The van der Waals surface area contributed by atoms with Gasteiger partial charge in [0.1, 0.15) is 5.82 Å². The molecule has 0 spiro atoms. The monoisotopic (exact) mass is 424 g/mol. The van der Waals surface area contributed by atoms with Crippen molar-refractivity contribution in [3.8, 4) is 5.69 Å². The molecular weight excluding hydrogens is 400 g/mol. The highest BCUT2D eigenvalue weighted by Crippen LogP contribution is 2.23. The summed E-state index contributed by atoms with van der Waals surface area (Å²) in [6, 6.07) is 20.0. The molecule has 1 aromatic heterocycles. The number of hydrogen-bond donors (Lipinski definition) is 1. The molecule has 0 bridgehead atoms. The number of carbonyl (C=O) groups is 2. The molecule has 0 unspecified atom stereocenters. The van der Waals surface area contributed by atoms with Crippen molar-refractivity contribution in [2.75, 3.05) is 19.4 Å². The Labute approximate surface area is 179 Å². The van der Waals surface area contributed by atoms with Crippen LogP contribution < -0.4 is 5.32 Å². The number of para-hydroxylation sites is 1. The van der Waals surface area contributed by atoms with Crippen molar-refractivity contribution in [1.82, 2.24) is 20.1 Å². The third kappa shape index (κ3) is 6.18. The van der Waals surface area contributed by atoms with E-state index in [0.29, 0.717) is 24.5 Å². The minimum absolute atomic E-state index is 0.114. The number of nitrogens with zero attached hydrogens (tertiary/aromatic N) is 3. The first kappa shape index (κ1) is 21.6. The number of nitrogens with one attached hydrogen (secondary N) is 1. The molecule has 3 aromatic rings. The van der Waals surface area contributed by atoms with Crippen LogP contribution >= 0.6 is 11.8 Å². The van der Waals surface area contributed by atoms with Gasteiger partial charge in [0.05, 0.1) is 12.9 Å². The number of rotatable bonds is 10. The molecule has 8 heteroatoms. The zero-order valence-electron chi connectivity index (χ0n) is 16.8. The predicted molar refractivity (Wildman–Crippen MR) is 116 cm³/mol. The Morgan fingerprint density at radius 1 is 1.03 bits per heavy atom. The molecular formula is C22H24N4O3S. The van der Waals surface area contributed by atoms with Crippen LogP contribution in [0.3, 0.4) is 0 Å². The summed E-state index contributed by atoms with van der Waals surface area (Å²) < 4.78 is 6.58. The number of amides is 1. The molecule has 7 nitrogen and oxygen atoms in total. The maximum absolute atomic E-state index is 12.2. The zero-order valence-corrected chi connectivity index (χ0v) is 17.6. The van der Waals surface area contributed by atoms with Gasteiger partial charge >= 0.3 is 5.97 Å². The van der Waals surface area contributed by atoms with E-state index in [1.165, 1.54) is 18.9 Å². The number of carbonyl (C=O) groups excluding carboxylic acids is 2. The minimum Gasteiger partial charge on any atom is -0.469 e. The van der Waals surface area contributed by atoms with E-state index < -0.39 is 0 Å². The molecule has 0 aliphatic heterocycles. The number of aromatic nitrogens is 3. The maximum Gasteiger partial charge on any atom is 0.305 e. The van der Waals surface area contributed by atoms with Gasteiger partial charge < -0.3 is 10.1 Å². The number of hydrogen-bond acceptors (Lipinski definition) is 6. The summed E-state index contributed by atoms with van der Waals surface area (Å²) in [6.45, 7) is 0.430. The highest BCUT2D eigenvalue weighted by atomic mass is 32.2. The van der Waals surface area contributed by atoms with E-state index in [9.17, 15) is 9.59 Å². The first-order valence-corrected chi connectivity index (χ1v) is 10.7. The first-order valence-electron chi connectivity index (χ1n) is 9.67. The smallest absolute Gasteiger partial charge is 0.305 e. The van der Waals surface area contributed by atoms with Crippen LogP contribution in [0.5, 0.6) is 0 Å². The number of esters is 1. The highest BCUT2D eigenvalue weighted by molar-refractivity contribution is 7.99. The number of ether oxygens (including phenoxy) is 1. The Bertz CT molecular complexity index is 961. The summed E-state index contributed by atoms with van der Waals surface area (Å²) in [4.78, 5) is 23.3. The van der Waals surface area contributed by atoms with Gasteiger partial charge in [-0.05, 0) is 24.1 Å². The van der Waals surface area contributed by atoms with E-state index in [0.717, 1.165) is 17.1 Å². The fraction of sp³-hybridized carbons (Fsp3) is 0.273. The van der Waals surface area contributed by atoms with E-state index in [1.54, 1.807) is 0 Å². The van der Waals surface area contributed by atoms with Gasteiger partial charge in [0, 0.05) is 25.1 Å². The molecule has 3 rings (SSSR count). The van der Waals surface area contributed by atoms with Crippen LogP contribution in [-0.2, 0) is 20.7 Å². The van der Waals surface area contributed by atoms with Crippen molar-refractivity contribution in [2.24, 2.45) is 0 Å². The van der Waals surface area contributed by atoms with Crippen molar-refractivity contribution in [3.05, 3.63) is 72.1 Å². The molecule has 0 aliphatic carbocycles. The second-order valence-corrected chi connectivity index (χ2v) is 7.49. The quantitative estimate of drug-likeness (QED) is 0.306. The molecule has 30 heavy (non-hydrogen) atoms. The van der Waals surface area contributed by atoms with Gasteiger partial charge in [-0.2, -0.15) is 0 Å². The van der Waals surface area contributed by atoms with Gasteiger partial charge in [0.2, 0.25) is 5.91 Å². The Balaban J connectivity index is 1.66. The Morgan fingerprint density at radius 2 is 1.73 bits per heavy atom. The number of thioether (sulfide) groups is 1. The van der Waals surface area contributed by atoms with Gasteiger partial charge in [-0.25, -0.2) is 0 Å². The largest absolute Gasteiger partial charge is 0.469 e. The molecule has 1 heterocycles. The van der Waals surface area contributed by atoms with E-state index in [-0.39, 0.29) is 24.1 Å². The van der Waals surface area contributed by atoms with Gasteiger partial charge in [-0.15, -0.1) is 10.2 Å². The molecule has 2 aromatic carbocycles. The Hall–Kier alpha value is -3.13. The zero-order chi connectivity index (χ0) is 21.2. The topological polar surface area (TPSA) is 86.1 Å². The number of methoxy groups -OCH3 is 1. The molecule has 1 amide bonds. The van der Waals surface area contributed by atoms with Gasteiger partial charge in [0.25, 0.3) is 0 Å². The van der Waals surface area contributed by atoms with E-state index in [1.807, 2.05) is 53.1 Å². The molecule has 0 saturated heterocycles. The third-order valence-electron chi connectivity index (χ3n) is 4.36. The summed E-state index contributed by atoms with van der Waals surface area (Å²) in [5.41, 5.74) is 2.09. The summed E-state index contributed by atoms with van der Waals surface area (Å²) >= 11 is 1.34. The van der Waals surface area contributed by atoms with Crippen molar-refractivity contribution >= 4 is 23.6 Å². The van der Waals surface area contributed by atoms with Crippen molar-refractivity contribution in [2.45, 2.75) is 24.4 Å². The van der Waals surface area contributed by atoms with Crippen LogP contribution in [0.2, 0.25) is 0 Å². The summed E-state index contributed by atoms with van der Waals surface area (Å²) in [7, 11) is 1.35. The van der Waals surface area contributed by atoms with Crippen LogP contribution in [0.1, 0.15) is 24.2 Å². The molecule has 156 valence electrons. The third-order valence-corrected chi connectivity index (χ3v) is 5.29. The molecule has 0 fully saturated rings. The van der Waals surface area contributed by atoms with Crippen LogP contribution in [0.25, 0.3) is 5.69 Å². The normalized spacial score (nSPS) is 10.6. The lowest BCUT2D eigenvalue weighted by molar-refractivity contribution is -0.140. The highest BCUT2D eigenvalue weighted by Gasteiger charge is 2.16. The van der Waals surface area contributed by atoms with E-state index in [2.05, 4.69) is 32.4 Å². The summed E-state index contributed by atoms with van der Waals surface area (Å²) in [6.07, 6.45) is 1.47. The Kier molecular flexibility index (Phi) is 8.02. The van der Waals surface area contributed by atoms with Crippen LogP contribution in [0.15, 0.2) is 65.8 Å². The van der Waals surface area contributed by atoms with Crippen molar-refractivity contribution < 1.29 is 14.3 Å². The summed E-state index contributed by atoms with van der Waals surface area (Å²) in [5.74, 6) is 0.639. The fourth-order valence-corrected chi connectivity index (χ4v) is 3.67. The van der Waals surface area contributed by atoms with Gasteiger partial charge in [-0.1, -0.05) is 60.3 Å². The van der Waals surface area contributed by atoms with Crippen LogP contribution in [0, 0.1) is 0 Å². The lowest BCUT2D eigenvalue weighted by atomic mass is 10.1. The van der Waals surface area contributed by atoms with Crippen molar-refractivity contribution in [3.63, 3.8) is 0 Å². The molecule has 0 atom stereocenters. The van der Waals surface area contributed by atoms with E-state index in [4.69, 9.17) is 0 Å². The lowest BCUT2D eigenvalue weighted by Gasteiger charge is -2.10. The van der Waals surface area contributed by atoms with Gasteiger partial charge in [0.15, 0.2) is 5.16 Å². The van der Waals surface area contributed by atoms with Crippen LogP contribution in [0.4, 0.5) is 0 Å². The SMILES string of the molecule is COC(=O)CCCNC(=O)CSc1nnc(Cc2ccccc2)n1-c1ccccc1. The second kappa shape index (κ2) is 11.2. The van der Waals surface area contributed by atoms with Crippen LogP contribution in [-0.4, -0.2) is 46.0 Å². The standard InChI is InChI=1S/C22H24N4O3S/c1-29-21(28)13-8-14-23-20(27)16-30-22-25-24-19(15-17-9-4-2-5-10-17)26(22)18-11-6-3-7-12-18/h2-7,9-12H,8,13-16H2,1H3,(H,23,27). The fourth-order valence-electron chi connectivity index (χ4n) is 2.87. The molecule has 1 N–H and O–H groups in total. The minimum atomic E-state index is -0.277. The molecule has 0 aliphatic rings.